The lowest BCUT2D eigenvalue weighted by Gasteiger charge is -2.16. The molecule has 0 saturated carbocycles. The summed E-state index contributed by atoms with van der Waals surface area (Å²) in [4.78, 5) is 26.9. The Kier molecular flexibility index (Phi) is 3.53. The van der Waals surface area contributed by atoms with E-state index in [4.69, 9.17) is 0 Å². The molecule has 20 heavy (non-hydrogen) atoms. The van der Waals surface area contributed by atoms with Gasteiger partial charge in [-0.2, -0.15) is 0 Å². The second kappa shape index (κ2) is 5.00. The van der Waals surface area contributed by atoms with Crippen LogP contribution in [0.15, 0.2) is 30.5 Å². The van der Waals surface area contributed by atoms with Crippen molar-refractivity contribution in [2.45, 2.75) is 27.2 Å². The van der Waals surface area contributed by atoms with Gasteiger partial charge in [0, 0.05) is 24.1 Å². The summed E-state index contributed by atoms with van der Waals surface area (Å²) in [6, 6.07) is 6.38. The Hall–Kier alpha value is -2.30. The van der Waals surface area contributed by atoms with E-state index in [9.17, 15) is 14.9 Å². The van der Waals surface area contributed by atoms with Gasteiger partial charge in [0.05, 0.1) is 15.8 Å². The number of fused-ring (bicyclic) bond motifs is 1. The van der Waals surface area contributed by atoms with Gasteiger partial charge in [-0.1, -0.05) is 20.8 Å². The highest BCUT2D eigenvalue weighted by molar-refractivity contribution is 5.94. The zero-order chi connectivity index (χ0) is 14.9. The molecule has 0 fully saturated rings. The lowest BCUT2D eigenvalue weighted by Crippen LogP contribution is -2.22. The van der Waals surface area contributed by atoms with Crippen LogP contribution in [-0.2, 0) is 11.2 Å². The van der Waals surface area contributed by atoms with E-state index in [2.05, 4.69) is 4.98 Å². The maximum Gasteiger partial charge on any atom is 0.278 e. The number of nitrogens with zero attached hydrogens (tertiary/aromatic N) is 2. The van der Waals surface area contributed by atoms with Gasteiger partial charge in [0.25, 0.3) is 5.69 Å². The third-order valence-corrected chi connectivity index (χ3v) is 3.21. The van der Waals surface area contributed by atoms with Crippen molar-refractivity contribution in [1.82, 2.24) is 4.98 Å². The molecule has 0 aliphatic rings. The maximum atomic E-state index is 12.1. The third-order valence-electron chi connectivity index (χ3n) is 3.21. The van der Waals surface area contributed by atoms with Gasteiger partial charge in [0.2, 0.25) is 0 Å². The Balaban J connectivity index is 2.54. The molecule has 1 heterocycles. The Morgan fingerprint density at radius 3 is 2.60 bits per heavy atom. The van der Waals surface area contributed by atoms with E-state index in [-0.39, 0.29) is 17.9 Å². The van der Waals surface area contributed by atoms with Crippen LogP contribution >= 0.6 is 0 Å². The van der Waals surface area contributed by atoms with Gasteiger partial charge in [-0.05, 0) is 23.8 Å². The second-order valence-electron chi connectivity index (χ2n) is 5.75. The largest absolute Gasteiger partial charge is 0.299 e. The molecule has 0 unspecified atom stereocenters. The first-order valence-corrected chi connectivity index (χ1v) is 6.35. The van der Waals surface area contributed by atoms with Crippen molar-refractivity contribution >= 4 is 22.4 Å². The lowest BCUT2D eigenvalue weighted by atomic mass is 9.86. The number of ketones is 1. The average molecular weight is 272 g/mol. The summed E-state index contributed by atoms with van der Waals surface area (Å²) < 4.78 is 0. The average Bonchev–Trinajstić information content (AvgIpc) is 2.37. The van der Waals surface area contributed by atoms with Crippen LogP contribution in [0.5, 0.6) is 0 Å². The molecule has 2 aromatic rings. The van der Waals surface area contributed by atoms with Crippen LogP contribution in [-0.4, -0.2) is 15.7 Å². The van der Waals surface area contributed by atoms with Crippen LogP contribution in [0, 0.1) is 15.5 Å². The highest BCUT2D eigenvalue weighted by Gasteiger charge is 2.23. The van der Waals surface area contributed by atoms with E-state index >= 15 is 0 Å². The molecule has 2 rings (SSSR count). The van der Waals surface area contributed by atoms with E-state index in [0.29, 0.717) is 10.9 Å². The van der Waals surface area contributed by atoms with Crippen LogP contribution in [0.1, 0.15) is 26.3 Å². The van der Waals surface area contributed by atoms with Crippen LogP contribution in [0.4, 0.5) is 5.69 Å². The fourth-order valence-electron chi connectivity index (χ4n) is 1.96. The molecule has 1 aromatic carbocycles. The molecule has 0 aliphatic heterocycles. The Labute approximate surface area is 116 Å². The number of carbonyl (C=O) groups is 1. The van der Waals surface area contributed by atoms with Gasteiger partial charge in [0.1, 0.15) is 5.78 Å². The van der Waals surface area contributed by atoms with Crippen LogP contribution < -0.4 is 0 Å². The molecule has 0 spiro atoms. The smallest absolute Gasteiger partial charge is 0.278 e. The molecule has 1 aromatic heterocycles. The maximum absolute atomic E-state index is 12.1. The zero-order valence-electron chi connectivity index (χ0n) is 11.7. The van der Waals surface area contributed by atoms with Gasteiger partial charge < -0.3 is 0 Å². The number of aromatic nitrogens is 1. The van der Waals surface area contributed by atoms with Gasteiger partial charge in [-0.15, -0.1) is 0 Å². The molecule has 0 saturated heterocycles. The minimum Gasteiger partial charge on any atom is -0.299 e. The van der Waals surface area contributed by atoms with Crippen molar-refractivity contribution in [2.75, 3.05) is 0 Å². The fraction of sp³-hybridized carbons (Fsp3) is 0.333. The monoisotopic (exact) mass is 272 g/mol. The predicted octanol–water partition coefficient (Wildman–Crippen LogP) is 3.30. The second-order valence-corrected chi connectivity index (χ2v) is 5.75. The third kappa shape index (κ3) is 2.66. The number of Topliss-reactive ketones (excluding diaryl/α,β-unsaturated/α-hetero) is 1. The van der Waals surface area contributed by atoms with Crippen molar-refractivity contribution in [3.8, 4) is 0 Å². The van der Waals surface area contributed by atoms with Crippen molar-refractivity contribution in [3.05, 3.63) is 46.1 Å². The van der Waals surface area contributed by atoms with Crippen molar-refractivity contribution in [1.29, 1.82) is 0 Å². The highest BCUT2D eigenvalue weighted by atomic mass is 16.6. The van der Waals surface area contributed by atoms with Gasteiger partial charge in [-0.3, -0.25) is 19.9 Å². The quantitative estimate of drug-likeness (QED) is 0.634. The lowest BCUT2D eigenvalue weighted by molar-refractivity contribution is -0.383. The fourth-order valence-corrected chi connectivity index (χ4v) is 1.96. The van der Waals surface area contributed by atoms with E-state index in [1.54, 1.807) is 24.4 Å². The normalized spacial score (nSPS) is 11.6. The first-order chi connectivity index (χ1) is 9.30. The molecule has 5 heteroatoms. The minimum atomic E-state index is -0.442. The SMILES string of the molecule is CC(C)(C)C(=O)Cc1ccc([N+](=O)[O-])c2cccnc12. The number of benzene rings is 1. The molecule has 0 amide bonds. The molecule has 0 N–H and O–H groups in total. The van der Waals surface area contributed by atoms with Crippen LogP contribution in [0.2, 0.25) is 0 Å². The molecular weight excluding hydrogens is 256 g/mol. The molecular formula is C15H16N2O3. The number of non-ortho nitro benzene ring substituents is 1. The van der Waals surface area contributed by atoms with E-state index in [0.717, 1.165) is 5.56 Å². The number of hydrogen-bond donors (Lipinski definition) is 0. The highest BCUT2D eigenvalue weighted by Crippen LogP contribution is 2.28. The molecule has 0 aliphatic carbocycles. The molecule has 5 nitrogen and oxygen atoms in total. The summed E-state index contributed by atoms with van der Waals surface area (Å²) in [6.45, 7) is 5.57. The number of nitro benzene ring substituents is 1. The molecule has 104 valence electrons. The van der Waals surface area contributed by atoms with E-state index in [1.807, 2.05) is 20.8 Å². The summed E-state index contributed by atoms with van der Waals surface area (Å²) in [6.07, 6.45) is 1.81. The number of hydrogen-bond acceptors (Lipinski definition) is 4. The van der Waals surface area contributed by atoms with Crippen molar-refractivity contribution < 1.29 is 9.72 Å². The standard InChI is InChI=1S/C15H16N2O3/c1-15(2,3)13(18)9-10-6-7-12(17(19)20)11-5-4-8-16-14(10)11/h4-8H,9H2,1-3H3. The first-order valence-electron chi connectivity index (χ1n) is 6.35. The summed E-state index contributed by atoms with van der Waals surface area (Å²) in [5.41, 5.74) is 0.827. The zero-order valence-corrected chi connectivity index (χ0v) is 11.7. The Bertz CT molecular complexity index is 687. The number of carbonyl (C=O) groups excluding carboxylic acids is 1. The Morgan fingerprint density at radius 1 is 1.30 bits per heavy atom. The van der Waals surface area contributed by atoms with E-state index in [1.165, 1.54) is 6.07 Å². The number of nitro groups is 1. The first kappa shape index (κ1) is 14.1. The number of pyridine rings is 1. The summed E-state index contributed by atoms with van der Waals surface area (Å²) in [7, 11) is 0. The van der Waals surface area contributed by atoms with Gasteiger partial charge >= 0.3 is 0 Å². The van der Waals surface area contributed by atoms with Crippen molar-refractivity contribution in [2.24, 2.45) is 5.41 Å². The summed E-state index contributed by atoms with van der Waals surface area (Å²) >= 11 is 0. The summed E-state index contributed by atoms with van der Waals surface area (Å²) in [5.74, 6) is 0.0818. The predicted molar refractivity (Wildman–Crippen MR) is 76.6 cm³/mol. The minimum absolute atomic E-state index is 0.0139. The number of rotatable bonds is 3. The van der Waals surface area contributed by atoms with Crippen molar-refractivity contribution in [3.63, 3.8) is 0 Å². The van der Waals surface area contributed by atoms with Gasteiger partial charge in [-0.25, -0.2) is 0 Å². The molecule has 0 atom stereocenters. The van der Waals surface area contributed by atoms with Crippen LogP contribution in [0.25, 0.3) is 10.9 Å². The van der Waals surface area contributed by atoms with Crippen LogP contribution in [0.3, 0.4) is 0 Å². The molecule has 0 radical (unpaired) electrons. The summed E-state index contributed by atoms with van der Waals surface area (Å²) in [5, 5.41) is 11.5. The van der Waals surface area contributed by atoms with Gasteiger partial charge in [0.15, 0.2) is 0 Å². The van der Waals surface area contributed by atoms with E-state index < -0.39 is 10.3 Å². The molecule has 0 bridgehead atoms. The Morgan fingerprint density at radius 2 is 2.00 bits per heavy atom. The topological polar surface area (TPSA) is 73.1 Å².